The fourth-order valence-electron chi connectivity index (χ4n) is 2.73. The Morgan fingerprint density at radius 1 is 1.23 bits per heavy atom. The van der Waals surface area contributed by atoms with Crippen molar-refractivity contribution in [2.75, 3.05) is 10.6 Å². The first-order valence-electron chi connectivity index (χ1n) is 7.22. The van der Waals surface area contributed by atoms with Gasteiger partial charge in [-0.3, -0.25) is 14.6 Å². The lowest BCUT2D eigenvalue weighted by Crippen LogP contribution is -2.17. The second kappa shape index (κ2) is 5.60. The summed E-state index contributed by atoms with van der Waals surface area (Å²) in [5, 5.41) is 5.74. The van der Waals surface area contributed by atoms with Crippen molar-refractivity contribution in [3.63, 3.8) is 0 Å². The summed E-state index contributed by atoms with van der Waals surface area (Å²) in [7, 11) is 0. The molecule has 0 bridgehead atoms. The summed E-state index contributed by atoms with van der Waals surface area (Å²) in [5.74, 6) is -0.150. The van der Waals surface area contributed by atoms with Gasteiger partial charge in [0.25, 0.3) is 5.91 Å². The van der Waals surface area contributed by atoms with Crippen molar-refractivity contribution in [3.05, 3.63) is 53.9 Å². The smallest absolute Gasteiger partial charge is 0.255 e. The lowest BCUT2D eigenvalue weighted by atomic mass is 9.89. The Morgan fingerprint density at radius 3 is 2.64 bits per heavy atom. The molecule has 2 amide bonds. The van der Waals surface area contributed by atoms with Crippen molar-refractivity contribution in [3.8, 4) is 0 Å². The van der Waals surface area contributed by atoms with Crippen LogP contribution < -0.4 is 10.6 Å². The van der Waals surface area contributed by atoms with E-state index in [0.29, 0.717) is 11.3 Å². The fraction of sp³-hybridized carbons (Fsp3) is 0.235. The number of nitrogens with one attached hydrogen (secondary N) is 2. The maximum atomic E-state index is 12.2. The number of hydrogen-bond donors (Lipinski definition) is 2. The lowest BCUT2D eigenvalue weighted by Gasteiger charge is -2.13. The Balaban J connectivity index is 1.86. The molecule has 2 heterocycles. The number of fused-ring (bicyclic) bond motifs is 1. The van der Waals surface area contributed by atoms with Gasteiger partial charge in [0, 0.05) is 29.3 Å². The molecule has 1 unspecified atom stereocenters. The third-order valence-electron chi connectivity index (χ3n) is 3.79. The van der Waals surface area contributed by atoms with Crippen LogP contribution in [0.25, 0.3) is 0 Å². The standard InChI is InChI=1S/C17H17N3O2/c1-10(2)15-13-9-12(3-4-14(13)20-17(15)22)19-16(21)11-5-7-18-8-6-11/h3-10,15H,1-2H3,(H,19,21)(H,20,22). The largest absolute Gasteiger partial charge is 0.325 e. The molecule has 112 valence electrons. The maximum Gasteiger partial charge on any atom is 0.255 e. The van der Waals surface area contributed by atoms with Gasteiger partial charge in [0.05, 0.1) is 5.92 Å². The van der Waals surface area contributed by atoms with E-state index in [1.165, 1.54) is 0 Å². The van der Waals surface area contributed by atoms with Crippen molar-refractivity contribution >= 4 is 23.2 Å². The summed E-state index contributed by atoms with van der Waals surface area (Å²) in [6.07, 6.45) is 3.16. The lowest BCUT2D eigenvalue weighted by molar-refractivity contribution is -0.117. The van der Waals surface area contributed by atoms with E-state index < -0.39 is 0 Å². The van der Waals surface area contributed by atoms with Gasteiger partial charge in [-0.2, -0.15) is 0 Å². The molecule has 1 aromatic carbocycles. The van der Waals surface area contributed by atoms with Crippen molar-refractivity contribution in [2.45, 2.75) is 19.8 Å². The second-order valence-electron chi connectivity index (χ2n) is 5.70. The first kappa shape index (κ1) is 14.3. The third kappa shape index (κ3) is 2.57. The van der Waals surface area contributed by atoms with Crippen LogP contribution in [0.1, 0.15) is 35.7 Å². The quantitative estimate of drug-likeness (QED) is 0.914. The van der Waals surface area contributed by atoms with E-state index in [9.17, 15) is 9.59 Å². The molecule has 1 aliphatic heterocycles. The maximum absolute atomic E-state index is 12.2. The minimum atomic E-state index is -0.194. The number of amides is 2. The van der Waals surface area contributed by atoms with E-state index in [0.717, 1.165) is 11.3 Å². The Hall–Kier alpha value is -2.69. The Bertz CT molecular complexity index is 726. The molecule has 0 aliphatic carbocycles. The molecule has 1 aromatic heterocycles. The number of anilines is 2. The highest BCUT2D eigenvalue weighted by atomic mass is 16.2. The van der Waals surface area contributed by atoms with Crippen LogP contribution in [0.4, 0.5) is 11.4 Å². The van der Waals surface area contributed by atoms with Gasteiger partial charge in [0.1, 0.15) is 0 Å². The summed E-state index contributed by atoms with van der Waals surface area (Å²) in [4.78, 5) is 28.1. The minimum Gasteiger partial charge on any atom is -0.325 e. The summed E-state index contributed by atoms with van der Waals surface area (Å²) in [6, 6.07) is 8.81. The van der Waals surface area contributed by atoms with Gasteiger partial charge in [-0.05, 0) is 41.8 Å². The number of nitrogens with zero attached hydrogens (tertiary/aromatic N) is 1. The Labute approximate surface area is 128 Å². The van der Waals surface area contributed by atoms with Crippen molar-refractivity contribution in [2.24, 2.45) is 5.92 Å². The van der Waals surface area contributed by atoms with Gasteiger partial charge in [-0.25, -0.2) is 0 Å². The number of carbonyl (C=O) groups excluding carboxylic acids is 2. The van der Waals surface area contributed by atoms with Crippen molar-refractivity contribution in [1.82, 2.24) is 4.98 Å². The molecule has 5 heteroatoms. The minimum absolute atomic E-state index is 0.0163. The van der Waals surface area contributed by atoms with Gasteiger partial charge in [-0.1, -0.05) is 13.8 Å². The predicted octanol–water partition coefficient (Wildman–Crippen LogP) is 3.03. The van der Waals surface area contributed by atoms with Crippen LogP contribution in [-0.2, 0) is 4.79 Å². The first-order chi connectivity index (χ1) is 10.6. The Kier molecular flexibility index (Phi) is 3.63. The number of carbonyl (C=O) groups is 2. The first-order valence-corrected chi connectivity index (χ1v) is 7.22. The zero-order valence-corrected chi connectivity index (χ0v) is 12.5. The van der Waals surface area contributed by atoms with Crippen LogP contribution in [0.15, 0.2) is 42.7 Å². The van der Waals surface area contributed by atoms with E-state index in [2.05, 4.69) is 15.6 Å². The average molecular weight is 295 g/mol. The summed E-state index contributed by atoms with van der Waals surface area (Å²) >= 11 is 0. The van der Waals surface area contributed by atoms with E-state index in [1.807, 2.05) is 26.0 Å². The summed E-state index contributed by atoms with van der Waals surface area (Å²) in [6.45, 7) is 4.03. The number of benzene rings is 1. The number of pyridine rings is 1. The molecule has 1 atom stereocenters. The molecule has 0 fully saturated rings. The number of rotatable bonds is 3. The van der Waals surface area contributed by atoms with Gasteiger partial charge >= 0.3 is 0 Å². The summed E-state index contributed by atoms with van der Waals surface area (Å²) in [5.41, 5.74) is 2.99. The monoisotopic (exact) mass is 295 g/mol. The van der Waals surface area contributed by atoms with Crippen LogP contribution >= 0.6 is 0 Å². The second-order valence-corrected chi connectivity index (χ2v) is 5.70. The van der Waals surface area contributed by atoms with Crippen LogP contribution in [-0.4, -0.2) is 16.8 Å². The molecule has 5 nitrogen and oxygen atoms in total. The van der Waals surface area contributed by atoms with E-state index >= 15 is 0 Å². The molecule has 2 N–H and O–H groups in total. The highest BCUT2D eigenvalue weighted by Crippen LogP contribution is 2.38. The highest BCUT2D eigenvalue weighted by Gasteiger charge is 2.33. The van der Waals surface area contributed by atoms with E-state index in [1.54, 1.807) is 30.6 Å². The fourth-order valence-corrected chi connectivity index (χ4v) is 2.73. The average Bonchev–Trinajstić information content (AvgIpc) is 2.83. The Morgan fingerprint density at radius 2 is 1.95 bits per heavy atom. The van der Waals surface area contributed by atoms with Crippen molar-refractivity contribution in [1.29, 1.82) is 0 Å². The van der Waals surface area contributed by atoms with E-state index in [-0.39, 0.29) is 23.7 Å². The highest BCUT2D eigenvalue weighted by molar-refractivity contribution is 6.06. The van der Waals surface area contributed by atoms with Crippen LogP contribution in [0.5, 0.6) is 0 Å². The van der Waals surface area contributed by atoms with Crippen molar-refractivity contribution < 1.29 is 9.59 Å². The van der Waals surface area contributed by atoms with Crippen LogP contribution in [0.3, 0.4) is 0 Å². The predicted molar refractivity (Wildman–Crippen MR) is 84.8 cm³/mol. The SMILES string of the molecule is CC(C)C1C(=O)Nc2ccc(NC(=O)c3ccncc3)cc21. The molecule has 0 saturated carbocycles. The third-order valence-corrected chi connectivity index (χ3v) is 3.79. The van der Waals surface area contributed by atoms with Gasteiger partial charge in [0.2, 0.25) is 5.91 Å². The summed E-state index contributed by atoms with van der Waals surface area (Å²) < 4.78 is 0. The van der Waals surface area contributed by atoms with E-state index in [4.69, 9.17) is 0 Å². The van der Waals surface area contributed by atoms with Gasteiger partial charge in [0.15, 0.2) is 0 Å². The molecule has 0 saturated heterocycles. The van der Waals surface area contributed by atoms with Gasteiger partial charge in [-0.15, -0.1) is 0 Å². The number of hydrogen-bond acceptors (Lipinski definition) is 3. The molecule has 2 aromatic rings. The molecule has 0 spiro atoms. The van der Waals surface area contributed by atoms with Crippen LogP contribution in [0, 0.1) is 5.92 Å². The molecule has 3 rings (SSSR count). The zero-order valence-electron chi connectivity index (χ0n) is 12.5. The topological polar surface area (TPSA) is 71.1 Å². The van der Waals surface area contributed by atoms with Gasteiger partial charge < -0.3 is 10.6 Å². The zero-order chi connectivity index (χ0) is 15.7. The molecular weight excluding hydrogens is 278 g/mol. The molecule has 22 heavy (non-hydrogen) atoms. The molecule has 0 radical (unpaired) electrons. The molecular formula is C17H17N3O2. The molecule has 1 aliphatic rings. The normalized spacial score (nSPS) is 16.3. The van der Waals surface area contributed by atoms with Crippen LogP contribution in [0.2, 0.25) is 0 Å². The number of aromatic nitrogens is 1.